The summed E-state index contributed by atoms with van der Waals surface area (Å²) >= 11 is 5.72. The maximum absolute atomic E-state index is 9.10. The van der Waals surface area contributed by atoms with Crippen molar-refractivity contribution in [1.29, 1.82) is 0 Å². The van der Waals surface area contributed by atoms with Crippen molar-refractivity contribution in [2.24, 2.45) is 0 Å². The highest BCUT2D eigenvalue weighted by atomic mass is 35.5. The number of hydroxylamine groups is 1. The van der Waals surface area contributed by atoms with E-state index in [4.69, 9.17) is 36.6 Å². The van der Waals surface area contributed by atoms with Crippen LogP contribution >= 0.6 is 11.6 Å². The summed E-state index contributed by atoms with van der Waals surface area (Å²) in [5.41, 5.74) is 3.36. The molecule has 0 aliphatic heterocycles. The lowest BCUT2D eigenvalue weighted by molar-refractivity contribution is -0.159. The van der Waals surface area contributed by atoms with E-state index >= 15 is 0 Å². The van der Waals surface area contributed by atoms with E-state index in [0.717, 1.165) is 17.0 Å². The van der Waals surface area contributed by atoms with Gasteiger partial charge in [0.25, 0.3) is 0 Å². The van der Waals surface area contributed by atoms with Gasteiger partial charge in [-0.2, -0.15) is 0 Å². The second-order valence-electron chi connectivity index (χ2n) is 3.47. The van der Waals surface area contributed by atoms with Gasteiger partial charge >= 0.3 is 11.9 Å². The fourth-order valence-corrected chi connectivity index (χ4v) is 1.15. The fourth-order valence-electron chi connectivity index (χ4n) is 1.02. The highest BCUT2D eigenvalue weighted by Gasteiger charge is 2.04. The number of halogens is 1. The molecular weight excluding hydrogens is 262 g/mol. The molecule has 0 aromatic heterocycles. The molecule has 4 N–H and O–H groups in total. The number of nitrogens with one attached hydrogen (secondary N) is 1. The Labute approximate surface area is 109 Å². The Morgan fingerprint density at radius 1 is 1.22 bits per heavy atom. The van der Waals surface area contributed by atoms with Crippen molar-refractivity contribution in [3.05, 3.63) is 34.9 Å². The predicted molar refractivity (Wildman–Crippen MR) is 64.8 cm³/mol. The van der Waals surface area contributed by atoms with Gasteiger partial charge in [0.05, 0.1) is 0 Å². The summed E-state index contributed by atoms with van der Waals surface area (Å²) in [5.74, 6) is -3.65. The molecule has 1 aromatic carbocycles. The number of carboxylic acids is 2. The van der Waals surface area contributed by atoms with Crippen molar-refractivity contribution in [3.63, 3.8) is 0 Å². The maximum atomic E-state index is 9.10. The van der Waals surface area contributed by atoms with Gasteiger partial charge < -0.3 is 15.4 Å². The molecule has 1 unspecified atom stereocenters. The van der Waals surface area contributed by atoms with Crippen molar-refractivity contribution in [2.45, 2.75) is 19.4 Å². The van der Waals surface area contributed by atoms with Crippen LogP contribution in [0.15, 0.2) is 24.3 Å². The largest absolute Gasteiger partial charge is 0.473 e. The number of hydrogen-bond donors (Lipinski definition) is 4. The minimum Gasteiger partial charge on any atom is -0.473 e. The van der Waals surface area contributed by atoms with Gasteiger partial charge in [-0.3, -0.25) is 0 Å². The number of rotatable bonds is 3. The zero-order valence-electron chi connectivity index (χ0n) is 9.63. The summed E-state index contributed by atoms with van der Waals surface area (Å²) < 4.78 is 0. The van der Waals surface area contributed by atoms with E-state index in [1.807, 2.05) is 31.2 Å². The standard InChI is InChI=1S/C9H12ClNO.C2H2O4/c1-7(11-12)6-8-2-4-9(10)5-3-8;3-1(4)2(5)6/h2-5,7,11-12H,6H2,1H3;(H,3,4)(H,5,6). The Balaban J connectivity index is 0.000000411. The molecule has 6 nitrogen and oxygen atoms in total. The van der Waals surface area contributed by atoms with E-state index in [0.29, 0.717) is 0 Å². The Kier molecular flexibility index (Phi) is 7.69. The first-order chi connectivity index (χ1) is 8.36. The predicted octanol–water partition coefficient (Wildman–Crippen LogP) is 1.41. The van der Waals surface area contributed by atoms with Crippen LogP contribution in [-0.4, -0.2) is 33.4 Å². The van der Waals surface area contributed by atoms with Gasteiger partial charge in [-0.05, 0) is 31.0 Å². The van der Waals surface area contributed by atoms with Gasteiger partial charge in [-0.25, -0.2) is 15.1 Å². The van der Waals surface area contributed by atoms with Crippen molar-refractivity contribution >= 4 is 23.5 Å². The molecule has 0 bridgehead atoms. The molecule has 0 spiro atoms. The second kappa shape index (κ2) is 8.46. The number of aliphatic carboxylic acids is 2. The molecule has 0 fully saturated rings. The molecule has 0 heterocycles. The highest BCUT2D eigenvalue weighted by Crippen LogP contribution is 2.10. The average Bonchev–Trinajstić information content (AvgIpc) is 2.32. The normalized spacial score (nSPS) is 11.1. The van der Waals surface area contributed by atoms with Crippen LogP contribution in [0.25, 0.3) is 0 Å². The minimum absolute atomic E-state index is 0.0752. The number of carbonyl (C=O) groups is 2. The van der Waals surface area contributed by atoms with Crippen LogP contribution in [0.1, 0.15) is 12.5 Å². The molecule has 7 heteroatoms. The summed E-state index contributed by atoms with van der Waals surface area (Å²) in [5, 5.41) is 24.1. The first-order valence-corrected chi connectivity index (χ1v) is 5.35. The Hall–Kier alpha value is -1.63. The summed E-state index contributed by atoms with van der Waals surface area (Å²) in [4.78, 5) is 18.2. The maximum Gasteiger partial charge on any atom is 0.414 e. The summed E-state index contributed by atoms with van der Waals surface area (Å²) in [6.45, 7) is 1.91. The smallest absolute Gasteiger partial charge is 0.414 e. The van der Waals surface area contributed by atoms with Gasteiger partial charge in [-0.1, -0.05) is 23.7 Å². The molecule has 100 valence electrons. The molecule has 0 saturated carbocycles. The molecule has 0 amide bonds. The van der Waals surface area contributed by atoms with Crippen molar-refractivity contribution < 1.29 is 25.0 Å². The van der Waals surface area contributed by atoms with Gasteiger partial charge in [0.15, 0.2) is 0 Å². The van der Waals surface area contributed by atoms with Gasteiger partial charge in [0, 0.05) is 11.1 Å². The summed E-state index contributed by atoms with van der Waals surface area (Å²) in [6, 6.07) is 7.68. The minimum atomic E-state index is -1.82. The van der Waals surface area contributed by atoms with Crippen LogP contribution in [0.4, 0.5) is 0 Å². The van der Waals surface area contributed by atoms with E-state index in [2.05, 4.69) is 5.48 Å². The van der Waals surface area contributed by atoms with Crippen molar-refractivity contribution in [1.82, 2.24) is 5.48 Å². The molecular formula is C11H14ClNO5. The lowest BCUT2D eigenvalue weighted by Crippen LogP contribution is -2.24. The van der Waals surface area contributed by atoms with E-state index in [9.17, 15) is 0 Å². The average molecular weight is 276 g/mol. The molecule has 0 radical (unpaired) electrons. The zero-order valence-corrected chi connectivity index (χ0v) is 10.4. The summed E-state index contributed by atoms with van der Waals surface area (Å²) in [7, 11) is 0. The molecule has 1 atom stereocenters. The van der Waals surface area contributed by atoms with Crippen LogP contribution < -0.4 is 5.48 Å². The number of benzene rings is 1. The molecule has 0 aliphatic carbocycles. The van der Waals surface area contributed by atoms with Crippen LogP contribution in [0.2, 0.25) is 5.02 Å². The van der Waals surface area contributed by atoms with Crippen LogP contribution in [-0.2, 0) is 16.0 Å². The zero-order chi connectivity index (χ0) is 14.1. The van der Waals surface area contributed by atoms with Crippen LogP contribution in [0.5, 0.6) is 0 Å². The van der Waals surface area contributed by atoms with Crippen molar-refractivity contribution in [2.75, 3.05) is 0 Å². The first-order valence-electron chi connectivity index (χ1n) is 4.97. The van der Waals surface area contributed by atoms with Gasteiger partial charge in [-0.15, -0.1) is 0 Å². The molecule has 0 aliphatic rings. The van der Waals surface area contributed by atoms with E-state index in [-0.39, 0.29) is 6.04 Å². The topological polar surface area (TPSA) is 107 Å². The van der Waals surface area contributed by atoms with Gasteiger partial charge in [0.2, 0.25) is 0 Å². The second-order valence-corrected chi connectivity index (χ2v) is 3.91. The Morgan fingerprint density at radius 3 is 2.00 bits per heavy atom. The third-order valence-electron chi connectivity index (χ3n) is 1.86. The van der Waals surface area contributed by atoms with Gasteiger partial charge in [0.1, 0.15) is 0 Å². The quantitative estimate of drug-likeness (QED) is 0.491. The molecule has 1 rings (SSSR count). The van der Waals surface area contributed by atoms with E-state index in [1.54, 1.807) is 0 Å². The summed E-state index contributed by atoms with van der Waals surface area (Å²) in [6.07, 6.45) is 0.799. The molecule has 18 heavy (non-hydrogen) atoms. The van der Waals surface area contributed by atoms with Crippen LogP contribution in [0, 0.1) is 0 Å². The lowest BCUT2D eigenvalue weighted by Gasteiger charge is -2.08. The van der Waals surface area contributed by atoms with Crippen LogP contribution in [0.3, 0.4) is 0 Å². The third-order valence-corrected chi connectivity index (χ3v) is 2.11. The lowest BCUT2D eigenvalue weighted by atomic mass is 10.1. The Bertz CT molecular complexity index is 381. The number of hydrogen-bond acceptors (Lipinski definition) is 4. The molecule has 1 aromatic rings. The monoisotopic (exact) mass is 275 g/mol. The Morgan fingerprint density at radius 2 is 1.67 bits per heavy atom. The third kappa shape index (κ3) is 7.61. The molecule has 0 saturated heterocycles. The number of carboxylic acid groups (broad SMARTS) is 2. The van der Waals surface area contributed by atoms with E-state index in [1.165, 1.54) is 0 Å². The highest BCUT2D eigenvalue weighted by molar-refractivity contribution is 6.30. The first kappa shape index (κ1) is 16.4. The fraction of sp³-hybridized carbons (Fsp3) is 0.273. The van der Waals surface area contributed by atoms with Crippen molar-refractivity contribution in [3.8, 4) is 0 Å². The SMILES string of the molecule is CC(Cc1ccc(Cl)cc1)NO.O=C(O)C(=O)O. The van der Waals surface area contributed by atoms with E-state index < -0.39 is 11.9 Å².